The number of nitrogens with zero attached hydrogens (tertiary/aromatic N) is 1. The van der Waals surface area contributed by atoms with Crippen molar-refractivity contribution in [2.45, 2.75) is 12.5 Å². The summed E-state index contributed by atoms with van der Waals surface area (Å²) in [4.78, 5) is 0.711. The minimum absolute atomic E-state index is 0.0121. The number of hydrogen-bond donors (Lipinski definition) is 1. The summed E-state index contributed by atoms with van der Waals surface area (Å²) < 4.78 is 7.37. The first kappa shape index (κ1) is 15.5. The predicted octanol–water partition coefficient (Wildman–Crippen LogP) is 4.50. The van der Waals surface area contributed by atoms with Crippen LogP contribution in [0.1, 0.15) is 23.0 Å². The van der Waals surface area contributed by atoms with Gasteiger partial charge in [0.25, 0.3) is 0 Å². The smallest absolute Gasteiger partial charge is 0.138 e. The summed E-state index contributed by atoms with van der Waals surface area (Å²) in [6.45, 7) is 0.878. The molecule has 0 saturated carbocycles. The molecular weight excluding hydrogens is 304 g/mol. The summed E-state index contributed by atoms with van der Waals surface area (Å²) in [5, 5.41) is 13.4. The second-order valence-corrected chi connectivity index (χ2v) is 6.36. The Bertz CT molecular complexity index is 820. The van der Waals surface area contributed by atoms with Crippen molar-refractivity contribution in [2.24, 2.45) is 0 Å². The van der Waals surface area contributed by atoms with E-state index < -0.39 is 0 Å². The van der Waals surface area contributed by atoms with Crippen LogP contribution >= 0.6 is 11.3 Å². The van der Waals surface area contributed by atoms with Gasteiger partial charge in [-0.2, -0.15) is 5.26 Å². The number of fused-ring (bicyclic) bond motifs is 1. The van der Waals surface area contributed by atoms with Crippen LogP contribution in [0.5, 0.6) is 5.75 Å². The highest BCUT2D eigenvalue weighted by Gasteiger charge is 2.15. The quantitative estimate of drug-likeness (QED) is 0.726. The predicted molar refractivity (Wildman–Crippen MR) is 94.9 cm³/mol. The lowest BCUT2D eigenvalue weighted by Crippen LogP contribution is -2.16. The zero-order chi connectivity index (χ0) is 16.1. The van der Waals surface area contributed by atoms with E-state index in [2.05, 4.69) is 23.5 Å². The van der Waals surface area contributed by atoms with Gasteiger partial charge in [0.1, 0.15) is 22.8 Å². The normalized spacial score (nSPS) is 12.0. The molecule has 0 spiro atoms. The monoisotopic (exact) mass is 322 g/mol. The lowest BCUT2D eigenvalue weighted by molar-refractivity contribution is 0.198. The summed E-state index contributed by atoms with van der Waals surface area (Å²) in [5.41, 5.74) is 1.16. The molecule has 23 heavy (non-hydrogen) atoms. The molecule has 4 heteroatoms. The van der Waals surface area contributed by atoms with E-state index in [0.29, 0.717) is 4.88 Å². The van der Waals surface area contributed by atoms with Crippen molar-refractivity contribution >= 4 is 21.4 Å². The lowest BCUT2D eigenvalue weighted by atomic mass is 10.1. The van der Waals surface area contributed by atoms with Crippen LogP contribution in [0.25, 0.3) is 10.1 Å². The molecule has 1 atom stereocenters. The molecule has 0 unspecified atom stereocenters. The third kappa shape index (κ3) is 3.53. The van der Waals surface area contributed by atoms with Crippen LogP contribution in [0.2, 0.25) is 0 Å². The van der Waals surface area contributed by atoms with E-state index in [-0.39, 0.29) is 6.10 Å². The molecule has 2 aromatic carbocycles. The molecule has 116 valence electrons. The van der Waals surface area contributed by atoms with Crippen LogP contribution < -0.4 is 10.1 Å². The van der Waals surface area contributed by atoms with Gasteiger partial charge in [0.05, 0.1) is 4.70 Å². The number of hydrogen-bond acceptors (Lipinski definition) is 4. The Labute approximate surface area is 140 Å². The number of nitrogens with one attached hydrogen (secondary N) is 1. The SMILES string of the molecule is CNCC[C@H](Oc1cccc2cc(C#N)sc12)c1ccccc1. The molecular formula is C19H18N2OS. The number of thiophene rings is 1. The largest absolute Gasteiger partial charge is 0.484 e. The first-order valence-corrected chi connectivity index (χ1v) is 8.42. The van der Waals surface area contributed by atoms with Crippen LogP contribution in [0, 0.1) is 11.3 Å². The van der Waals surface area contributed by atoms with Gasteiger partial charge in [-0.3, -0.25) is 0 Å². The van der Waals surface area contributed by atoms with Crippen molar-refractivity contribution in [1.82, 2.24) is 5.32 Å². The molecule has 0 radical (unpaired) electrons. The van der Waals surface area contributed by atoms with Crippen molar-refractivity contribution in [2.75, 3.05) is 13.6 Å². The second-order valence-electron chi connectivity index (χ2n) is 5.31. The van der Waals surface area contributed by atoms with Crippen molar-refractivity contribution in [3.8, 4) is 11.8 Å². The van der Waals surface area contributed by atoms with E-state index in [9.17, 15) is 0 Å². The Balaban J connectivity index is 1.93. The Morgan fingerprint density at radius 2 is 2.00 bits per heavy atom. The maximum atomic E-state index is 9.12. The van der Waals surface area contributed by atoms with Gasteiger partial charge in [-0.1, -0.05) is 42.5 Å². The van der Waals surface area contributed by atoms with Gasteiger partial charge in [-0.15, -0.1) is 11.3 Å². The molecule has 3 aromatic rings. The van der Waals surface area contributed by atoms with E-state index in [1.165, 1.54) is 11.3 Å². The van der Waals surface area contributed by atoms with Gasteiger partial charge in [-0.05, 0) is 36.7 Å². The third-order valence-electron chi connectivity index (χ3n) is 3.72. The van der Waals surface area contributed by atoms with Crippen LogP contribution in [-0.2, 0) is 0 Å². The fourth-order valence-electron chi connectivity index (χ4n) is 2.57. The molecule has 3 rings (SSSR count). The van der Waals surface area contributed by atoms with Crippen molar-refractivity contribution in [3.05, 3.63) is 65.0 Å². The lowest BCUT2D eigenvalue weighted by Gasteiger charge is -2.20. The maximum absolute atomic E-state index is 9.12. The molecule has 0 aliphatic carbocycles. The number of nitriles is 1. The molecule has 0 amide bonds. The van der Waals surface area contributed by atoms with E-state index >= 15 is 0 Å². The Morgan fingerprint density at radius 1 is 1.17 bits per heavy atom. The molecule has 3 nitrogen and oxygen atoms in total. The summed E-state index contributed by atoms with van der Waals surface area (Å²) in [6, 6.07) is 20.4. The number of ether oxygens (including phenoxy) is 1. The fourth-order valence-corrected chi connectivity index (χ4v) is 3.49. The topological polar surface area (TPSA) is 45.0 Å². The number of benzene rings is 2. The van der Waals surface area contributed by atoms with Gasteiger partial charge in [0.15, 0.2) is 0 Å². The van der Waals surface area contributed by atoms with Crippen LogP contribution in [-0.4, -0.2) is 13.6 Å². The van der Waals surface area contributed by atoms with Crippen molar-refractivity contribution < 1.29 is 4.74 Å². The van der Waals surface area contributed by atoms with Crippen LogP contribution in [0.15, 0.2) is 54.6 Å². The highest BCUT2D eigenvalue weighted by atomic mass is 32.1. The van der Waals surface area contributed by atoms with Gasteiger partial charge >= 0.3 is 0 Å². The maximum Gasteiger partial charge on any atom is 0.138 e. The van der Waals surface area contributed by atoms with Gasteiger partial charge in [0.2, 0.25) is 0 Å². The molecule has 1 aromatic heterocycles. The molecule has 0 fully saturated rings. The van der Waals surface area contributed by atoms with Crippen molar-refractivity contribution in [1.29, 1.82) is 5.26 Å². The second kappa shape index (κ2) is 7.28. The standard InChI is InChI=1S/C19H18N2OS/c1-21-11-10-17(14-6-3-2-4-7-14)22-18-9-5-8-15-12-16(13-20)23-19(15)18/h2-9,12,17,21H,10-11H2,1H3/t17-/m0/s1. The third-order valence-corrected chi connectivity index (χ3v) is 4.79. The van der Waals surface area contributed by atoms with Crippen LogP contribution in [0.4, 0.5) is 0 Å². The van der Waals surface area contributed by atoms with E-state index in [4.69, 9.17) is 10.00 Å². The minimum atomic E-state index is -0.0121. The summed E-state index contributed by atoms with van der Waals surface area (Å²) in [5.74, 6) is 0.846. The zero-order valence-electron chi connectivity index (χ0n) is 13.0. The molecule has 0 aliphatic rings. The van der Waals surface area contributed by atoms with E-state index in [1.54, 1.807) is 0 Å². The molecule has 0 saturated heterocycles. The van der Waals surface area contributed by atoms with E-state index in [0.717, 1.165) is 34.4 Å². The minimum Gasteiger partial charge on any atom is -0.484 e. The summed E-state index contributed by atoms with van der Waals surface area (Å²) in [7, 11) is 1.95. The average Bonchev–Trinajstić information content (AvgIpc) is 3.03. The molecule has 0 aliphatic heterocycles. The fraction of sp³-hybridized carbons (Fsp3) is 0.211. The van der Waals surface area contributed by atoms with Gasteiger partial charge in [0, 0.05) is 6.42 Å². The van der Waals surface area contributed by atoms with E-state index in [1.807, 2.05) is 49.5 Å². The number of rotatable bonds is 6. The zero-order valence-corrected chi connectivity index (χ0v) is 13.8. The van der Waals surface area contributed by atoms with Gasteiger partial charge in [-0.25, -0.2) is 0 Å². The van der Waals surface area contributed by atoms with Crippen molar-refractivity contribution in [3.63, 3.8) is 0 Å². The van der Waals surface area contributed by atoms with Gasteiger partial charge < -0.3 is 10.1 Å². The Kier molecular flexibility index (Phi) is 4.92. The van der Waals surface area contributed by atoms with Crippen LogP contribution in [0.3, 0.4) is 0 Å². The molecule has 1 heterocycles. The summed E-state index contributed by atoms with van der Waals surface area (Å²) in [6.07, 6.45) is 0.870. The average molecular weight is 322 g/mol. The molecule has 1 N–H and O–H groups in total. The Morgan fingerprint density at radius 3 is 2.74 bits per heavy atom. The first-order chi connectivity index (χ1) is 11.3. The molecule has 0 bridgehead atoms. The summed E-state index contributed by atoms with van der Waals surface area (Å²) >= 11 is 1.48. The highest BCUT2D eigenvalue weighted by Crippen LogP contribution is 2.36. The first-order valence-electron chi connectivity index (χ1n) is 7.60. The Hall–Kier alpha value is -2.35. The highest BCUT2D eigenvalue weighted by molar-refractivity contribution is 7.19.